The van der Waals surface area contributed by atoms with Crippen LogP contribution in [0.1, 0.15) is 48.2 Å². The second-order valence-corrected chi connectivity index (χ2v) is 10.2. The fraction of sp³-hybridized carbons (Fsp3) is 0.500. The fourth-order valence-corrected chi connectivity index (χ4v) is 4.91. The fourth-order valence-electron chi connectivity index (χ4n) is 4.66. The molecule has 1 unspecified atom stereocenters. The highest BCUT2D eigenvalue weighted by atomic mass is 35.5. The smallest absolute Gasteiger partial charge is 0.249 e. The average molecular weight is 492 g/mol. The SMILES string of the molecule is CNc1cc(COCCCN2CCC(O)(Cc3ccc(F)cc3)C(C)(C)C2)c(C(N)=O)cc1Cl. The lowest BCUT2D eigenvalue weighted by atomic mass is 9.67. The number of aliphatic hydroxyl groups is 1. The van der Waals surface area contributed by atoms with E-state index >= 15 is 0 Å². The van der Waals surface area contributed by atoms with Gasteiger partial charge in [-0.25, -0.2) is 4.39 Å². The van der Waals surface area contributed by atoms with Gasteiger partial charge >= 0.3 is 0 Å². The highest BCUT2D eigenvalue weighted by Crippen LogP contribution is 2.41. The molecule has 0 bridgehead atoms. The number of hydrogen-bond donors (Lipinski definition) is 3. The Kier molecular flexibility index (Phi) is 8.57. The van der Waals surface area contributed by atoms with Gasteiger partial charge in [-0.2, -0.15) is 0 Å². The number of benzene rings is 2. The first-order valence-electron chi connectivity index (χ1n) is 11.6. The Morgan fingerprint density at radius 1 is 1.29 bits per heavy atom. The number of ether oxygens (including phenoxy) is 1. The molecule has 2 aromatic rings. The predicted octanol–water partition coefficient (Wildman–Crippen LogP) is 4.23. The predicted molar refractivity (Wildman–Crippen MR) is 134 cm³/mol. The van der Waals surface area contributed by atoms with Crippen molar-refractivity contribution in [3.05, 3.63) is 63.9 Å². The number of rotatable bonds is 10. The van der Waals surface area contributed by atoms with Crippen molar-refractivity contribution < 1.29 is 19.0 Å². The summed E-state index contributed by atoms with van der Waals surface area (Å²) in [4.78, 5) is 14.1. The normalized spacial score (nSPS) is 20.3. The van der Waals surface area contributed by atoms with E-state index in [0.717, 1.165) is 31.6 Å². The van der Waals surface area contributed by atoms with Crippen LogP contribution in [0, 0.1) is 11.2 Å². The number of nitrogens with two attached hydrogens (primary N) is 1. The number of nitrogens with one attached hydrogen (secondary N) is 1. The summed E-state index contributed by atoms with van der Waals surface area (Å²) in [7, 11) is 1.76. The van der Waals surface area contributed by atoms with Gasteiger partial charge in [0, 0.05) is 50.7 Å². The van der Waals surface area contributed by atoms with Crippen LogP contribution in [0.4, 0.5) is 10.1 Å². The van der Waals surface area contributed by atoms with Gasteiger partial charge in [-0.3, -0.25) is 4.79 Å². The van der Waals surface area contributed by atoms with Crippen molar-refractivity contribution in [2.24, 2.45) is 11.1 Å². The van der Waals surface area contributed by atoms with Gasteiger partial charge in [-0.1, -0.05) is 37.6 Å². The van der Waals surface area contributed by atoms with Gasteiger partial charge in [0.1, 0.15) is 5.82 Å². The van der Waals surface area contributed by atoms with Gasteiger partial charge in [0.05, 0.1) is 22.9 Å². The van der Waals surface area contributed by atoms with E-state index in [4.69, 9.17) is 22.1 Å². The molecule has 186 valence electrons. The van der Waals surface area contributed by atoms with E-state index < -0.39 is 11.5 Å². The molecule has 0 radical (unpaired) electrons. The molecule has 0 aromatic heterocycles. The molecule has 1 amide bonds. The summed E-state index contributed by atoms with van der Waals surface area (Å²) in [5.74, 6) is -0.803. The van der Waals surface area contributed by atoms with Gasteiger partial charge in [-0.15, -0.1) is 0 Å². The van der Waals surface area contributed by atoms with E-state index in [0.29, 0.717) is 41.3 Å². The maximum Gasteiger partial charge on any atom is 0.249 e. The summed E-state index contributed by atoms with van der Waals surface area (Å²) in [5.41, 5.74) is 7.05. The summed E-state index contributed by atoms with van der Waals surface area (Å²) in [6.45, 7) is 7.38. The second kappa shape index (κ2) is 11.0. The highest BCUT2D eigenvalue weighted by Gasteiger charge is 2.47. The standard InChI is InChI=1S/C26H35ClFN3O3/c1-25(2)17-31(11-9-26(25,33)15-18-5-7-20(28)8-6-18)10-4-12-34-16-19-13-23(30-3)22(27)14-21(19)24(29)32/h5-8,13-14,30,33H,4,9-12,15-17H2,1-3H3,(H2,29,32). The summed E-state index contributed by atoms with van der Waals surface area (Å²) in [5, 5.41) is 14.8. The summed E-state index contributed by atoms with van der Waals surface area (Å²) in [6, 6.07) is 9.73. The van der Waals surface area contributed by atoms with Crippen molar-refractivity contribution in [3.8, 4) is 0 Å². The maximum atomic E-state index is 13.2. The molecule has 1 atom stereocenters. The first-order chi connectivity index (χ1) is 16.0. The average Bonchev–Trinajstić information content (AvgIpc) is 2.78. The number of amides is 1. The molecule has 3 rings (SSSR count). The van der Waals surface area contributed by atoms with Crippen molar-refractivity contribution >= 4 is 23.2 Å². The number of carbonyl (C=O) groups excluding carboxylic acids is 1. The zero-order chi connectivity index (χ0) is 24.9. The van der Waals surface area contributed by atoms with E-state index in [1.165, 1.54) is 12.1 Å². The number of halogens is 2. The molecule has 4 N–H and O–H groups in total. The maximum absolute atomic E-state index is 13.2. The van der Waals surface area contributed by atoms with Crippen LogP contribution in [0.5, 0.6) is 0 Å². The van der Waals surface area contributed by atoms with Crippen molar-refractivity contribution in [2.45, 2.75) is 45.3 Å². The van der Waals surface area contributed by atoms with Crippen molar-refractivity contribution in [1.29, 1.82) is 0 Å². The minimum Gasteiger partial charge on any atom is -0.389 e. The molecule has 34 heavy (non-hydrogen) atoms. The second-order valence-electron chi connectivity index (χ2n) is 9.75. The monoisotopic (exact) mass is 491 g/mol. The lowest BCUT2D eigenvalue weighted by molar-refractivity contribution is -0.118. The van der Waals surface area contributed by atoms with Crippen molar-refractivity contribution in [1.82, 2.24) is 4.90 Å². The van der Waals surface area contributed by atoms with Gasteiger partial charge < -0.3 is 25.8 Å². The number of anilines is 1. The Morgan fingerprint density at radius 2 is 2.00 bits per heavy atom. The third-order valence-electron chi connectivity index (χ3n) is 6.88. The number of piperidine rings is 1. The van der Waals surface area contributed by atoms with E-state index in [9.17, 15) is 14.3 Å². The quantitative estimate of drug-likeness (QED) is 0.433. The largest absolute Gasteiger partial charge is 0.389 e. The summed E-state index contributed by atoms with van der Waals surface area (Å²) < 4.78 is 19.1. The Balaban J connectivity index is 1.49. The Labute approximate surface area is 206 Å². The number of nitrogens with zero attached hydrogens (tertiary/aromatic N) is 1. The van der Waals surface area contributed by atoms with E-state index in [-0.39, 0.29) is 17.8 Å². The Bertz CT molecular complexity index is 1000. The van der Waals surface area contributed by atoms with E-state index in [2.05, 4.69) is 24.1 Å². The Hall–Kier alpha value is -2.19. The lowest BCUT2D eigenvalue weighted by Crippen LogP contribution is -2.58. The first-order valence-corrected chi connectivity index (χ1v) is 12.0. The molecule has 1 saturated heterocycles. The number of hydrogen-bond acceptors (Lipinski definition) is 5. The highest BCUT2D eigenvalue weighted by molar-refractivity contribution is 6.33. The molecule has 0 saturated carbocycles. The molecule has 1 aliphatic rings. The topological polar surface area (TPSA) is 87.8 Å². The molecule has 1 aliphatic heterocycles. The first kappa shape index (κ1) is 26.4. The molecule has 0 spiro atoms. The van der Waals surface area contributed by atoms with Crippen molar-refractivity contribution in [3.63, 3.8) is 0 Å². The number of primary amides is 1. The number of carbonyl (C=O) groups is 1. The van der Waals surface area contributed by atoms with Gasteiger partial charge in [0.15, 0.2) is 0 Å². The molecule has 1 heterocycles. The molecule has 0 aliphatic carbocycles. The third kappa shape index (κ3) is 6.27. The van der Waals surface area contributed by atoms with Crippen LogP contribution in [0.3, 0.4) is 0 Å². The number of likely N-dealkylation sites (tertiary alicyclic amines) is 1. The van der Waals surface area contributed by atoms with Crippen LogP contribution >= 0.6 is 11.6 Å². The van der Waals surface area contributed by atoms with Crippen LogP contribution in [0.2, 0.25) is 5.02 Å². The molecular formula is C26H35ClFN3O3. The minimum atomic E-state index is -0.845. The third-order valence-corrected chi connectivity index (χ3v) is 7.19. The van der Waals surface area contributed by atoms with Gasteiger partial charge in [-0.05, 0) is 48.2 Å². The minimum absolute atomic E-state index is 0.267. The van der Waals surface area contributed by atoms with Crippen LogP contribution < -0.4 is 11.1 Å². The van der Waals surface area contributed by atoms with Gasteiger partial charge in [0.25, 0.3) is 0 Å². The van der Waals surface area contributed by atoms with Crippen molar-refractivity contribution in [2.75, 3.05) is 38.6 Å². The van der Waals surface area contributed by atoms with Crippen LogP contribution in [0.15, 0.2) is 36.4 Å². The molecule has 8 heteroatoms. The van der Waals surface area contributed by atoms with Gasteiger partial charge in [0.2, 0.25) is 5.91 Å². The van der Waals surface area contributed by atoms with Crippen LogP contribution in [0.25, 0.3) is 0 Å². The zero-order valence-corrected chi connectivity index (χ0v) is 20.9. The van der Waals surface area contributed by atoms with E-state index in [1.54, 1.807) is 31.3 Å². The summed E-state index contributed by atoms with van der Waals surface area (Å²) in [6.07, 6.45) is 1.98. The molecule has 2 aromatic carbocycles. The van der Waals surface area contributed by atoms with Crippen LogP contribution in [-0.2, 0) is 17.8 Å². The molecule has 1 fully saturated rings. The zero-order valence-electron chi connectivity index (χ0n) is 20.2. The molecular weight excluding hydrogens is 457 g/mol. The Morgan fingerprint density at radius 3 is 2.62 bits per heavy atom. The van der Waals surface area contributed by atoms with E-state index in [1.807, 2.05) is 0 Å². The van der Waals surface area contributed by atoms with Crippen LogP contribution in [-0.4, -0.2) is 54.8 Å². The molecule has 6 nitrogen and oxygen atoms in total. The summed E-state index contributed by atoms with van der Waals surface area (Å²) >= 11 is 6.16. The lowest BCUT2D eigenvalue weighted by Gasteiger charge is -2.50.